The van der Waals surface area contributed by atoms with Gasteiger partial charge in [0.2, 0.25) is 0 Å². The van der Waals surface area contributed by atoms with Gasteiger partial charge in [0.1, 0.15) is 6.33 Å². The third-order valence-electron chi connectivity index (χ3n) is 2.38. The van der Waals surface area contributed by atoms with Gasteiger partial charge in [0, 0.05) is 0 Å². The number of benzene rings is 1. The Morgan fingerprint density at radius 3 is 2.58 bits per heavy atom. The molecule has 0 bridgehead atoms. The van der Waals surface area contributed by atoms with Gasteiger partial charge >= 0.3 is 12.1 Å². The molecule has 0 aliphatic heterocycles. The summed E-state index contributed by atoms with van der Waals surface area (Å²) in [5, 5.41) is 12.2. The average molecular weight is 271 g/mol. The summed E-state index contributed by atoms with van der Waals surface area (Å²) in [7, 11) is 0. The molecule has 19 heavy (non-hydrogen) atoms. The minimum absolute atomic E-state index is 0.00293. The number of alkyl halides is 3. The Bertz CT molecular complexity index is 607. The first kappa shape index (κ1) is 13.1. The number of carboxylic acid groups (broad SMARTS) is 1. The molecule has 1 aromatic carbocycles. The highest BCUT2D eigenvalue weighted by Gasteiger charge is 2.32. The van der Waals surface area contributed by atoms with E-state index in [1.165, 1.54) is 18.2 Å². The molecule has 1 heterocycles. The highest BCUT2D eigenvalue weighted by molar-refractivity contribution is 5.82. The quantitative estimate of drug-likeness (QED) is 0.927. The summed E-state index contributed by atoms with van der Waals surface area (Å²) in [6.45, 7) is -0.198. The first-order chi connectivity index (χ1) is 8.88. The van der Waals surface area contributed by atoms with E-state index < -0.39 is 23.5 Å². The summed E-state index contributed by atoms with van der Waals surface area (Å²) < 4.78 is 39.3. The number of carboxylic acids is 1. The summed E-state index contributed by atoms with van der Waals surface area (Å²) in [6.07, 6.45) is -3.39. The Labute approximate surface area is 105 Å². The van der Waals surface area contributed by atoms with Gasteiger partial charge in [-0.05, 0) is 11.6 Å². The molecule has 0 atom stereocenters. The molecule has 0 radical (unpaired) electrons. The van der Waals surface area contributed by atoms with Gasteiger partial charge in [-0.25, -0.2) is 14.5 Å². The van der Waals surface area contributed by atoms with Crippen molar-refractivity contribution in [3.8, 4) is 0 Å². The fourth-order valence-electron chi connectivity index (χ4n) is 1.58. The molecular formula is C11H8F3N3O2. The Balaban J connectivity index is 2.30. The molecule has 0 aliphatic carbocycles. The van der Waals surface area contributed by atoms with E-state index >= 15 is 0 Å². The van der Waals surface area contributed by atoms with Crippen LogP contribution >= 0.6 is 0 Å². The van der Waals surface area contributed by atoms with Crippen molar-refractivity contribution in [2.45, 2.75) is 12.7 Å². The maximum Gasteiger partial charge on any atom is 0.416 e. The minimum atomic E-state index is -4.47. The standard InChI is InChI=1S/C11H8F3N3O2/c12-11(13,14)8-4-2-1-3-7(8)5-17-6-15-9(16-17)10(18)19/h1-4,6H,5H2,(H,18,19). The lowest BCUT2D eigenvalue weighted by molar-refractivity contribution is -0.138. The van der Waals surface area contributed by atoms with Crippen LogP contribution in [-0.4, -0.2) is 25.8 Å². The van der Waals surface area contributed by atoms with E-state index in [0.29, 0.717) is 0 Å². The van der Waals surface area contributed by atoms with Crippen molar-refractivity contribution >= 4 is 5.97 Å². The second kappa shape index (κ2) is 4.71. The molecule has 0 saturated carbocycles. The zero-order chi connectivity index (χ0) is 14.0. The van der Waals surface area contributed by atoms with Gasteiger partial charge < -0.3 is 5.11 Å². The predicted molar refractivity (Wildman–Crippen MR) is 57.5 cm³/mol. The number of halogens is 3. The van der Waals surface area contributed by atoms with Crippen LogP contribution in [0, 0.1) is 0 Å². The van der Waals surface area contributed by atoms with Crippen molar-refractivity contribution in [2.24, 2.45) is 0 Å². The third-order valence-corrected chi connectivity index (χ3v) is 2.38. The van der Waals surface area contributed by atoms with Gasteiger partial charge in [0.05, 0.1) is 12.1 Å². The highest BCUT2D eigenvalue weighted by Crippen LogP contribution is 2.32. The molecule has 1 N–H and O–H groups in total. The van der Waals surface area contributed by atoms with Crippen molar-refractivity contribution < 1.29 is 23.1 Å². The molecule has 0 spiro atoms. The molecule has 8 heteroatoms. The van der Waals surface area contributed by atoms with Crippen LogP contribution in [0.4, 0.5) is 13.2 Å². The highest BCUT2D eigenvalue weighted by atomic mass is 19.4. The molecule has 100 valence electrons. The topological polar surface area (TPSA) is 68.0 Å². The number of rotatable bonds is 3. The van der Waals surface area contributed by atoms with E-state index in [9.17, 15) is 18.0 Å². The zero-order valence-electron chi connectivity index (χ0n) is 9.42. The lowest BCUT2D eigenvalue weighted by Gasteiger charge is -2.12. The van der Waals surface area contributed by atoms with Crippen LogP contribution in [0.15, 0.2) is 30.6 Å². The molecule has 0 aliphatic rings. The molecule has 2 aromatic rings. The van der Waals surface area contributed by atoms with Crippen LogP contribution in [0.25, 0.3) is 0 Å². The summed E-state index contributed by atoms with van der Waals surface area (Å²) in [4.78, 5) is 14.0. The Morgan fingerprint density at radius 2 is 2.00 bits per heavy atom. The minimum Gasteiger partial charge on any atom is -0.475 e. The average Bonchev–Trinajstić information content (AvgIpc) is 2.77. The molecule has 5 nitrogen and oxygen atoms in total. The van der Waals surface area contributed by atoms with E-state index in [1.54, 1.807) is 0 Å². The van der Waals surface area contributed by atoms with Gasteiger partial charge in [-0.15, -0.1) is 5.10 Å². The van der Waals surface area contributed by atoms with Crippen LogP contribution in [0.5, 0.6) is 0 Å². The monoisotopic (exact) mass is 271 g/mol. The molecule has 0 amide bonds. The SMILES string of the molecule is O=C(O)c1ncn(Cc2ccccc2C(F)(F)F)n1. The van der Waals surface area contributed by atoms with Crippen LogP contribution in [0.1, 0.15) is 21.7 Å². The molecule has 1 aromatic heterocycles. The van der Waals surface area contributed by atoms with Crippen LogP contribution < -0.4 is 0 Å². The first-order valence-electron chi connectivity index (χ1n) is 5.16. The largest absolute Gasteiger partial charge is 0.475 e. The zero-order valence-corrected chi connectivity index (χ0v) is 9.42. The van der Waals surface area contributed by atoms with Gasteiger partial charge in [0.25, 0.3) is 5.82 Å². The van der Waals surface area contributed by atoms with Crippen molar-refractivity contribution in [3.63, 3.8) is 0 Å². The van der Waals surface area contributed by atoms with Gasteiger partial charge in [0.15, 0.2) is 0 Å². The Kier molecular flexibility index (Phi) is 3.24. The summed E-state index contributed by atoms with van der Waals surface area (Å²) in [5.74, 6) is -1.78. The van der Waals surface area contributed by atoms with E-state index in [1.807, 2.05) is 0 Å². The molecule has 0 unspecified atom stereocenters. The van der Waals surface area contributed by atoms with Crippen molar-refractivity contribution in [3.05, 3.63) is 47.5 Å². The van der Waals surface area contributed by atoms with Gasteiger partial charge in [-0.1, -0.05) is 18.2 Å². The second-order valence-corrected chi connectivity index (χ2v) is 3.73. The summed E-state index contributed by atoms with van der Waals surface area (Å²) >= 11 is 0. The second-order valence-electron chi connectivity index (χ2n) is 3.73. The molecule has 0 saturated heterocycles. The molecule has 0 fully saturated rings. The maximum absolute atomic E-state index is 12.7. The lowest BCUT2D eigenvalue weighted by atomic mass is 10.1. The van der Waals surface area contributed by atoms with Gasteiger partial charge in [-0.2, -0.15) is 13.2 Å². The Morgan fingerprint density at radius 1 is 1.32 bits per heavy atom. The summed E-state index contributed by atoms with van der Waals surface area (Å²) in [5.41, 5.74) is -0.779. The van der Waals surface area contributed by atoms with Crippen molar-refractivity contribution in [1.82, 2.24) is 14.8 Å². The number of nitrogens with zero attached hydrogens (tertiary/aromatic N) is 3. The first-order valence-corrected chi connectivity index (χ1v) is 5.16. The van der Waals surface area contributed by atoms with E-state index in [4.69, 9.17) is 5.11 Å². The normalized spacial score (nSPS) is 11.5. The smallest absolute Gasteiger partial charge is 0.416 e. The molecule has 2 rings (SSSR count). The van der Waals surface area contributed by atoms with Crippen LogP contribution in [-0.2, 0) is 12.7 Å². The maximum atomic E-state index is 12.7. The van der Waals surface area contributed by atoms with Crippen molar-refractivity contribution in [1.29, 1.82) is 0 Å². The Hall–Kier alpha value is -2.38. The number of carbonyl (C=O) groups is 1. The number of aromatic nitrogens is 3. The van der Waals surface area contributed by atoms with Crippen LogP contribution in [0.3, 0.4) is 0 Å². The van der Waals surface area contributed by atoms with Gasteiger partial charge in [-0.3, -0.25) is 0 Å². The number of hydrogen-bond donors (Lipinski definition) is 1. The van der Waals surface area contributed by atoms with E-state index in [0.717, 1.165) is 17.1 Å². The predicted octanol–water partition coefficient (Wildman–Crippen LogP) is 2.04. The number of aromatic carboxylic acids is 1. The van der Waals surface area contributed by atoms with E-state index in [2.05, 4.69) is 10.1 Å². The number of hydrogen-bond acceptors (Lipinski definition) is 3. The fourth-order valence-corrected chi connectivity index (χ4v) is 1.58. The van der Waals surface area contributed by atoms with Crippen molar-refractivity contribution in [2.75, 3.05) is 0 Å². The fraction of sp³-hybridized carbons (Fsp3) is 0.182. The van der Waals surface area contributed by atoms with Crippen LogP contribution in [0.2, 0.25) is 0 Å². The third kappa shape index (κ3) is 2.90. The lowest BCUT2D eigenvalue weighted by Crippen LogP contribution is -2.12. The summed E-state index contributed by atoms with van der Waals surface area (Å²) in [6, 6.07) is 5.03. The van der Waals surface area contributed by atoms with E-state index in [-0.39, 0.29) is 12.1 Å². The molecular weight excluding hydrogens is 263 g/mol.